The number of hydrogen-bond donors (Lipinski definition) is 4. The van der Waals surface area contributed by atoms with Crippen LogP contribution < -0.4 is 11.1 Å². The van der Waals surface area contributed by atoms with Gasteiger partial charge in [-0.25, -0.2) is 0 Å². The molecule has 98 valence electrons. The molecule has 1 rings (SSSR count). The highest BCUT2D eigenvalue weighted by atomic mass is 16.3. The summed E-state index contributed by atoms with van der Waals surface area (Å²) < 4.78 is 0. The van der Waals surface area contributed by atoms with Gasteiger partial charge in [0.05, 0.1) is 5.41 Å². The first kappa shape index (κ1) is 13.8. The lowest BCUT2D eigenvalue weighted by Gasteiger charge is -2.20. The number of nitrogens with two attached hydrogens (primary N) is 1. The van der Waals surface area contributed by atoms with Gasteiger partial charge in [0, 0.05) is 12.1 Å². The third-order valence-electron chi connectivity index (χ3n) is 2.60. The van der Waals surface area contributed by atoms with Crippen molar-refractivity contribution in [2.24, 2.45) is 11.1 Å². The van der Waals surface area contributed by atoms with Crippen LogP contribution in [-0.4, -0.2) is 28.6 Å². The topological polar surface area (TPSA) is 113 Å². The molecule has 0 aliphatic rings. The van der Waals surface area contributed by atoms with E-state index in [9.17, 15) is 14.7 Å². The average molecular weight is 252 g/mol. The number of carbonyl (C=O) groups is 2. The minimum Gasteiger partial charge on any atom is -0.504 e. The highest BCUT2D eigenvalue weighted by molar-refractivity contribution is 5.95. The number of carbonyl (C=O) groups excluding carboxylic acids is 2. The van der Waals surface area contributed by atoms with Gasteiger partial charge in [-0.05, 0) is 32.0 Å². The number of hydrogen-bond acceptors (Lipinski definition) is 4. The Morgan fingerprint density at radius 1 is 1.28 bits per heavy atom. The molecular formula is C12H16N2O4. The van der Waals surface area contributed by atoms with Gasteiger partial charge in [0.15, 0.2) is 11.5 Å². The van der Waals surface area contributed by atoms with E-state index in [1.807, 2.05) is 0 Å². The summed E-state index contributed by atoms with van der Waals surface area (Å²) in [5.41, 5.74) is 4.51. The molecule has 0 unspecified atom stereocenters. The van der Waals surface area contributed by atoms with Gasteiger partial charge in [-0.3, -0.25) is 9.59 Å². The highest BCUT2D eigenvalue weighted by Crippen LogP contribution is 2.24. The van der Waals surface area contributed by atoms with Gasteiger partial charge in [0.25, 0.3) is 5.91 Å². The maximum Gasteiger partial charge on any atom is 0.251 e. The molecule has 0 bridgehead atoms. The number of benzene rings is 1. The third kappa shape index (κ3) is 3.13. The van der Waals surface area contributed by atoms with Crippen molar-refractivity contribution in [2.75, 3.05) is 6.54 Å². The van der Waals surface area contributed by atoms with Crippen molar-refractivity contribution in [3.05, 3.63) is 23.8 Å². The molecule has 0 aliphatic carbocycles. The van der Waals surface area contributed by atoms with Gasteiger partial charge >= 0.3 is 0 Å². The predicted octanol–water partition coefficient (Wildman–Crippen LogP) is 0.339. The number of rotatable bonds is 4. The first-order chi connectivity index (χ1) is 8.24. The zero-order chi connectivity index (χ0) is 13.9. The lowest BCUT2D eigenvalue weighted by molar-refractivity contribution is -0.125. The maximum absolute atomic E-state index is 11.7. The molecule has 0 aliphatic heterocycles. The summed E-state index contributed by atoms with van der Waals surface area (Å²) in [6, 6.07) is 3.72. The molecule has 0 aromatic heterocycles. The van der Waals surface area contributed by atoms with E-state index in [0.29, 0.717) is 0 Å². The summed E-state index contributed by atoms with van der Waals surface area (Å²) in [5, 5.41) is 20.9. The quantitative estimate of drug-likeness (QED) is 0.579. The fourth-order valence-corrected chi connectivity index (χ4v) is 1.16. The molecule has 18 heavy (non-hydrogen) atoms. The number of primary amides is 1. The van der Waals surface area contributed by atoms with Crippen molar-refractivity contribution in [3.63, 3.8) is 0 Å². The number of amides is 2. The van der Waals surface area contributed by atoms with Gasteiger partial charge in [0.1, 0.15) is 0 Å². The standard InChI is InChI=1S/C12H16N2O4/c1-12(2,11(13)18)6-14-10(17)7-3-4-8(15)9(16)5-7/h3-5,15-16H,6H2,1-2H3,(H2,13,18)(H,14,17). The predicted molar refractivity (Wildman–Crippen MR) is 65.1 cm³/mol. The molecule has 0 radical (unpaired) electrons. The lowest BCUT2D eigenvalue weighted by Crippen LogP contribution is -2.42. The van der Waals surface area contributed by atoms with Crippen LogP contribution in [0.25, 0.3) is 0 Å². The first-order valence-corrected chi connectivity index (χ1v) is 5.34. The number of nitrogens with one attached hydrogen (secondary N) is 1. The zero-order valence-electron chi connectivity index (χ0n) is 10.2. The number of phenols is 2. The van der Waals surface area contributed by atoms with Crippen LogP contribution in [0.2, 0.25) is 0 Å². The first-order valence-electron chi connectivity index (χ1n) is 5.34. The Labute approximate surface area is 104 Å². The SMILES string of the molecule is CC(C)(CNC(=O)c1ccc(O)c(O)c1)C(N)=O. The molecule has 5 N–H and O–H groups in total. The van der Waals surface area contributed by atoms with Crippen LogP contribution in [0.5, 0.6) is 11.5 Å². The van der Waals surface area contributed by atoms with Crippen molar-refractivity contribution < 1.29 is 19.8 Å². The fourth-order valence-electron chi connectivity index (χ4n) is 1.16. The monoisotopic (exact) mass is 252 g/mol. The normalized spacial score (nSPS) is 11.0. The molecule has 0 saturated heterocycles. The van der Waals surface area contributed by atoms with E-state index in [4.69, 9.17) is 10.8 Å². The molecule has 0 saturated carbocycles. The van der Waals surface area contributed by atoms with E-state index in [-0.39, 0.29) is 23.6 Å². The molecule has 6 nitrogen and oxygen atoms in total. The average Bonchev–Trinajstić information content (AvgIpc) is 2.29. The van der Waals surface area contributed by atoms with Gasteiger partial charge < -0.3 is 21.3 Å². The van der Waals surface area contributed by atoms with Crippen LogP contribution in [0.3, 0.4) is 0 Å². The highest BCUT2D eigenvalue weighted by Gasteiger charge is 2.25. The Morgan fingerprint density at radius 3 is 2.39 bits per heavy atom. The summed E-state index contributed by atoms with van der Waals surface area (Å²) >= 11 is 0. The van der Waals surface area contributed by atoms with E-state index in [0.717, 1.165) is 6.07 Å². The van der Waals surface area contributed by atoms with Gasteiger partial charge in [0.2, 0.25) is 5.91 Å². The Kier molecular flexibility index (Phi) is 3.80. The molecule has 0 heterocycles. The second-order valence-electron chi connectivity index (χ2n) is 4.63. The molecule has 1 aromatic carbocycles. The molecule has 6 heteroatoms. The van der Waals surface area contributed by atoms with Crippen LogP contribution in [0.4, 0.5) is 0 Å². The molecular weight excluding hydrogens is 236 g/mol. The van der Waals surface area contributed by atoms with Crippen LogP contribution in [0.15, 0.2) is 18.2 Å². The second-order valence-corrected chi connectivity index (χ2v) is 4.63. The number of phenolic OH excluding ortho intramolecular Hbond substituents is 2. The largest absolute Gasteiger partial charge is 0.504 e. The van der Waals surface area contributed by atoms with Gasteiger partial charge in [-0.1, -0.05) is 0 Å². The van der Waals surface area contributed by atoms with Crippen LogP contribution in [-0.2, 0) is 4.79 Å². The van der Waals surface area contributed by atoms with Crippen LogP contribution >= 0.6 is 0 Å². The Hall–Kier alpha value is -2.24. The van der Waals surface area contributed by atoms with Crippen LogP contribution in [0, 0.1) is 5.41 Å². The fraction of sp³-hybridized carbons (Fsp3) is 0.333. The maximum atomic E-state index is 11.7. The summed E-state index contributed by atoms with van der Waals surface area (Å²) in [6.07, 6.45) is 0. The van der Waals surface area contributed by atoms with Crippen molar-refractivity contribution >= 4 is 11.8 Å². The third-order valence-corrected chi connectivity index (χ3v) is 2.60. The Morgan fingerprint density at radius 2 is 1.89 bits per heavy atom. The molecule has 1 aromatic rings. The second kappa shape index (κ2) is 4.95. The summed E-state index contributed by atoms with van der Waals surface area (Å²) in [4.78, 5) is 22.8. The van der Waals surface area contributed by atoms with E-state index in [2.05, 4.69) is 5.32 Å². The Balaban J connectivity index is 2.72. The van der Waals surface area contributed by atoms with E-state index in [1.54, 1.807) is 13.8 Å². The molecule has 2 amide bonds. The van der Waals surface area contributed by atoms with Crippen molar-refractivity contribution in [1.82, 2.24) is 5.32 Å². The molecule has 0 spiro atoms. The minimum absolute atomic E-state index is 0.0861. The van der Waals surface area contributed by atoms with E-state index in [1.165, 1.54) is 12.1 Å². The Bertz CT molecular complexity index is 483. The molecule has 0 atom stereocenters. The smallest absolute Gasteiger partial charge is 0.251 e. The van der Waals surface area contributed by atoms with Crippen molar-refractivity contribution in [1.29, 1.82) is 0 Å². The summed E-state index contributed by atoms with van der Waals surface area (Å²) in [6.45, 7) is 3.32. The van der Waals surface area contributed by atoms with Crippen LogP contribution in [0.1, 0.15) is 24.2 Å². The number of aromatic hydroxyl groups is 2. The zero-order valence-corrected chi connectivity index (χ0v) is 10.2. The van der Waals surface area contributed by atoms with Gasteiger partial charge in [-0.15, -0.1) is 0 Å². The molecule has 0 fully saturated rings. The van der Waals surface area contributed by atoms with Crippen molar-refractivity contribution in [2.45, 2.75) is 13.8 Å². The minimum atomic E-state index is -0.853. The van der Waals surface area contributed by atoms with E-state index >= 15 is 0 Å². The van der Waals surface area contributed by atoms with E-state index < -0.39 is 17.2 Å². The van der Waals surface area contributed by atoms with Gasteiger partial charge in [-0.2, -0.15) is 0 Å². The summed E-state index contributed by atoms with van der Waals surface area (Å²) in [5.74, 6) is -1.66. The lowest BCUT2D eigenvalue weighted by atomic mass is 9.92. The summed E-state index contributed by atoms with van der Waals surface area (Å²) in [7, 11) is 0. The van der Waals surface area contributed by atoms with Crippen molar-refractivity contribution in [3.8, 4) is 11.5 Å².